The van der Waals surface area contributed by atoms with Gasteiger partial charge >= 0.3 is 5.97 Å². The molecule has 1 aromatic carbocycles. The van der Waals surface area contributed by atoms with Gasteiger partial charge in [-0.3, -0.25) is 14.3 Å². The van der Waals surface area contributed by atoms with Gasteiger partial charge in [0.25, 0.3) is 5.91 Å². The number of carboxylic acid groups (broad SMARTS) is 1. The molecular weight excluding hydrogens is 346 g/mol. The van der Waals surface area contributed by atoms with Crippen LogP contribution in [-0.4, -0.2) is 26.8 Å². The molecule has 0 fully saturated rings. The first-order chi connectivity index (χ1) is 12.9. The van der Waals surface area contributed by atoms with Crippen molar-refractivity contribution in [3.8, 4) is 0 Å². The van der Waals surface area contributed by atoms with E-state index in [0.717, 1.165) is 17.0 Å². The fourth-order valence-electron chi connectivity index (χ4n) is 2.77. The molecule has 7 heteroatoms. The minimum atomic E-state index is -0.832. The Hall–Kier alpha value is -3.35. The Kier molecular flexibility index (Phi) is 5.40. The van der Waals surface area contributed by atoms with Crippen LogP contribution in [0, 0.1) is 13.8 Å². The van der Waals surface area contributed by atoms with Crippen molar-refractivity contribution in [1.82, 2.24) is 9.78 Å². The summed E-state index contributed by atoms with van der Waals surface area (Å²) in [6.45, 7) is 4.36. The average molecular weight is 367 g/mol. The number of rotatable bonds is 7. The third-order valence-corrected chi connectivity index (χ3v) is 4.13. The van der Waals surface area contributed by atoms with Crippen LogP contribution in [0.2, 0.25) is 0 Å². The van der Waals surface area contributed by atoms with Gasteiger partial charge in [0.1, 0.15) is 5.76 Å². The third kappa shape index (κ3) is 4.84. The highest BCUT2D eigenvalue weighted by Gasteiger charge is 2.13. The molecule has 0 saturated heterocycles. The summed E-state index contributed by atoms with van der Waals surface area (Å²) in [7, 11) is 0. The number of nitrogens with zero attached hydrogens (tertiary/aromatic N) is 2. The highest BCUT2D eigenvalue weighted by atomic mass is 16.4. The quantitative estimate of drug-likeness (QED) is 0.667. The summed E-state index contributed by atoms with van der Waals surface area (Å²) in [5.74, 6) is -0.300. The van der Waals surface area contributed by atoms with E-state index in [1.165, 1.54) is 0 Å². The van der Waals surface area contributed by atoms with Crippen LogP contribution in [-0.2, 0) is 17.8 Å². The summed E-state index contributed by atoms with van der Waals surface area (Å²) >= 11 is 0. The minimum Gasteiger partial charge on any atom is -0.481 e. The number of anilines is 1. The Bertz CT molecular complexity index is 954. The average Bonchev–Trinajstić information content (AvgIpc) is 3.21. The molecule has 2 heterocycles. The van der Waals surface area contributed by atoms with Crippen molar-refractivity contribution in [3.63, 3.8) is 0 Å². The minimum absolute atomic E-state index is 0.0795. The molecule has 0 saturated carbocycles. The van der Waals surface area contributed by atoms with Crippen LogP contribution in [0.1, 0.15) is 39.7 Å². The number of amides is 1. The molecule has 7 nitrogen and oxygen atoms in total. The highest BCUT2D eigenvalue weighted by Crippen LogP contribution is 2.15. The van der Waals surface area contributed by atoms with Gasteiger partial charge in [0.05, 0.1) is 12.2 Å². The molecule has 0 unspecified atom stereocenters. The molecule has 0 bridgehead atoms. The van der Waals surface area contributed by atoms with Gasteiger partial charge < -0.3 is 14.8 Å². The fourth-order valence-corrected chi connectivity index (χ4v) is 2.77. The maximum absolute atomic E-state index is 12.3. The van der Waals surface area contributed by atoms with E-state index in [0.29, 0.717) is 24.4 Å². The van der Waals surface area contributed by atoms with E-state index in [-0.39, 0.29) is 18.1 Å². The molecule has 3 rings (SSSR count). The van der Waals surface area contributed by atoms with E-state index >= 15 is 0 Å². The number of aryl methyl sites for hydroxylation is 3. The van der Waals surface area contributed by atoms with Crippen molar-refractivity contribution in [3.05, 3.63) is 70.9 Å². The molecule has 2 N–H and O–H groups in total. The van der Waals surface area contributed by atoms with Gasteiger partial charge in [0.2, 0.25) is 0 Å². The Morgan fingerprint density at radius 1 is 1.15 bits per heavy atom. The van der Waals surface area contributed by atoms with Crippen molar-refractivity contribution in [2.45, 2.75) is 33.2 Å². The third-order valence-electron chi connectivity index (χ3n) is 4.13. The Morgan fingerprint density at radius 3 is 2.52 bits per heavy atom. The first-order valence-electron chi connectivity index (χ1n) is 8.62. The van der Waals surface area contributed by atoms with Crippen LogP contribution >= 0.6 is 0 Å². The van der Waals surface area contributed by atoms with Gasteiger partial charge in [-0.15, -0.1) is 0 Å². The number of nitrogens with one attached hydrogen (secondary N) is 1. The van der Waals surface area contributed by atoms with Crippen LogP contribution in [0.5, 0.6) is 0 Å². The summed E-state index contributed by atoms with van der Waals surface area (Å²) in [5, 5.41) is 15.9. The molecule has 0 aliphatic heterocycles. The second-order valence-corrected chi connectivity index (χ2v) is 6.40. The lowest BCUT2D eigenvalue weighted by molar-refractivity contribution is -0.136. The predicted octanol–water partition coefficient (Wildman–Crippen LogP) is 3.41. The predicted molar refractivity (Wildman–Crippen MR) is 99.9 cm³/mol. The number of carboxylic acids is 1. The highest BCUT2D eigenvalue weighted by molar-refractivity contribution is 6.02. The molecule has 0 radical (unpaired) electrons. The summed E-state index contributed by atoms with van der Waals surface area (Å²) in [5.41, 5.74) is 3.48. The number of carbonyl (C=O) groups is 2. The lowest BCUT2D eigenvalue weighted by Gasteiger charge is -2.05. The zero-order chi connectivity index (χ0) is 19.4. The molecule has 0 spiro atoms. The van der Waals surface area contributed by atoms with Crippen LogP contribution in [0.3, 0.4) is 0 Å². The van der Waals surface area contributed by atoms with E-state index in [9.17, 15) is 9.59 Å². The molecule has 1 amide bonds. The zero-order valence-electron chi connectivity index (χ0n) is 15.2. The molecule has 0 aliphatic carbocycles. The van der Waals surface area contributed by atoms with Gasteiger partial charge in [-0.2, -0.15) is 5.10 Å². The molecule has 27 heavy (non-hydrogen) atoms. The summed E-state index contributed by atoms with van der Waals surface area (Å²) in [6, 6.07) is 12.5. The van der Waals surface area contributed by atoms with Crippen molar-refractivity contribution >= 4 is 17.6 Å². The molecule has 140 valence electrons. The maximum atomic E-state index is 12.3. The van der Waals surface area contributed by atoms with Crippen LogP contribution in [0.25, 0.3) is 0 Å². The van der Waals surface area contributed by atoms with E-state index in [4.69, 9.17) is 9.52 Å². The lowest BCUT2D eigenvalue weighted by Crippen LogP contribution is -2.11. The van der Waals surface area contributed by atoms with E-state index in [2.05, 4.69) is 10.4 Å². The van der Waals surface area contributed by atoms with Gasteiger partial charge in [0.15, 0.2) is 5.76 Å². The molecule has 0 aliphatic rings. The Morgan fingerprint density at radius 2 is 1.89 bits per heavy atom. The van der Waals surface area contributed by atoms with Crippen LogP contribution < -0.4 is 5.32 Å². The standard InChI is InChI=1S/C20H21N3O4/c1-13-11-14(2)23(22-13)12-17-8-9-18(27-17)20(26)21-16-6-3-15(4-7-16)5-10-19(24)25/h3-4,6-9,11H,5,10,12H2,1-2H3,(H,21,26)(H,24,25). The second kappa shape index (κ2) is 7.90. The van der Waals surface area contributed by atoms with Gasteiger partial charge in [-0.25, -0.2) is 0 Å². The fraction of sp³-hybridized carbons (Fsp3) is 0.250. The molecule has 2 aromatic heterocycles. The second-order valence-electron chi connectivity index (χ2n) is 6.40. The van der Waals surface area contributed by atoms with Crippen molar-refractivity contribution < 1.29 is 19.1 Å². The largest absolute Gasteiger partial charge is 0.481 e. The monoisotopic (exact) mass is 367 g/mol. The van der Waals surface area contributed by atoms with Gasteiger partial charge in [0, 0.05) is 17.8 Å². The number of hydrogen-bond donors (Lipinski definition) is 2. The van der Waals surface area contributed by atoms with Crippen molar-refractivity contribution in [1.29, 1.82) is 0 Å². The Labute approximate surface area is 156 Å². The van der Waals surface area contributed by atoms with Gasteiger partial charge in [-0.1, -0.05) is 12.1 Å². The first-order valence-corrected chi connectivity index (χ1v) is 8.62. The Balaban J connectivity index is 1.60. The summed E-state index contributed by atoms with van der Waals surface area (Å²) in [4.78, 5) is 23.0. The van der Waals surface area contributed by atoms with Crippen molar-refractivity contribution in [2.75, 3.05) is 5.32 Å². The molecular formula is C20H21N3O4. The number of hydrogen-bond acceptors (Lipinski definition) is 4. The smallest absolute Gasteiger partial charge is 0.303 e. The normalized spacial score (nSPS) is 10.7. The molecule has 3 aromatic rings. The van der Waals surface area contributed by atoms with Crippen LogP contribution in [0.15, 0.2) is 46.9 Å². The van der Waals surface area contributed by atoms with Crippen molar-refractivity contribution in [2.24, 2.45) is 0 Å². The van der Waals surface area contributed by atoms with Gasteiger partial charge in [-0.05, 0) is 56.2 Å². The SMILES string of the molecule is Cc1cc(C)n(Cc2ccc(C(=O)Nc3ccc(CCC(=O)O)cc3)o2)n1. The number of aliphatic carboxylic acids is 1. The van der Waals surface area contributed by atoms with Crippen LogP contribution in [0.4, 0.5) is 5.69 Å². The van der Waals surface area contributed by atoms with E-state index in [1.807, 2.05) is 24.6 Å². The number of aromatic nitrogens is 2. The maximum Gasteiger partial charge on any atom is 0.303 e. The zero-order valence-corrected chi connectivity index (χ0v) is 15.2. The van der Waals surface area contributed by atoms with E-state index < -0.39 is 5.97 Å². The summed E-state index contributed by atoms with van der Waals surface area (Å²) < 4.78 is 7.46. The first kappa shape index (κ1) is 18.4. The topological polar surface area (TPSA) is 97.4 Å². The summed E-state index contributed by atoms with van der Waals surface area (Å²) in [6.07, 6.45) is 0.535. The molecule has 0 atom stereocenters. The number of benzene rings is 1. The number of furan rings is 1. The van der Waals surface area contributed by atoms with E-state index in [1.54, 1.807) is 36.4 Å². The number of carbonyl (C=O) groups excluding carboxylic acids is 1. The lowest BCUT2D eigenvalue weighted by atomic mass is 10.1.